The van der Waals surface area contributed by atoms with Crippen LogP contribution in [0.2, 0.25) is 0 Å². The summed E-state index contributed by atoms with van der Waals surface area (Å²) in [6.45, 7) is 2.79. The van der Waals surface area contributed by atoms with Crippen LogP contribution in [0.5, 0.6) is 11.5 Å². The van der Waals surface area contributed by atoms with Crippen molar-refractivity contribution in [3.63, 3.8) is 0 Å². The number of hydrogen-bond donors (Lipinski definition) is 7. The number of aliphatic hydroxyl groups excluding tert-OH is 2. The van der Waals surface area contributed by atoms with Gasteiger partial charge in [0.2, 0.25) is 5.72 Å². The van der Waals surface area contributed by atoms with Crippen LogP contribution in [0, 0.1) is 65.1 Å². The monoisotopic (exact) mass is 1390 g/mol. The number of guanidine groups is 1. The Balaban J connectivity index is 0.00000774. The number of fused-ring (bicyclic) bond motifs is 8. The van der Waals surface area contributed by atoms with Crippen LogP contribution in [0.3, 0.4) is 0 Å². The Kier molecular flexibility index (Phi) is 17.5. The fourth-order valence-electron chi connectivity index (χ4n) is 22.4. The molecule has 0 aromatic heterocycles. The van der Waals surface area contributed by atoms with Crippen LogP contribution >= 0.6 is 0 Å². The van der Waals surface area contributed by atoms with Gasteiger partial charge in [0.1, 0.15) is 17.6 Å². The van der Waals surface area contributed by atoms with E-state index in [1.807, 2.05) is 25.2 Å². The number of hydrogen-bond acceptors (Lipinski definition) is 11. The second-order valence-electron chi connectivity index (χ2n) is 31.8. The number of aryl methyl sites for hydroxylation is 1. The minimum Gasteiger partial charge on any atom is -0.748 e. The maximum Gasteiger partial charge on any atom is 1.00 e. The number of nitrogens with two attached hydrogens (primary N) is 2. The number of aromatic hydroxyl groups is 1. The molecule has 20 rings (SSSR count). The van der Waals surface area contributed by atoms with Crippen molar-refractivity contribution in [3.05, 3.63) is 247 Å². The Bertz CT molecular complexity index is 4860. The van der Waals surface area contributed by atoms with Crippen molar-refractivity contribution in [1.29, 1.82) is 0 Å². The largest absolute Gasteiger partial charge is 1.00 e. The van der Waals surface area contributed by atoms with Gasteiger partial charge in [-0.1, -0.05) is 158 Å². The summed E-state index contributed by atoms with van der Waals surface area (Å²) >= 11 is 0. The molecule has 0 unspecified atom stereocenters. The molecule has 0 amide bonds. The molecule has 7 aromatic rings. The molecule has 5 heterocycles. The first-order chi connectivity index (χ1) is 49.0. The number of nitrogens with one attached hydrogen (secondary N) is 1. The van der Waals surface area contributed by atoms with Crippen molar-refractivity contribution >= 4 is 39.0 Å². The molecule has 20 atom stereocenters. The Morgan fingerprint density at radius 1 is 0.814 bits per heavy atom. The zero-order chi connectivity index (χ0) is 69.0. The third-order valence-electron chi connectivity index (χ3n) is 26.6. The van der Waals surface area contributed by atoms with Gasteiger partial charge in [-0.15, -0.1) is 0 Å². The maximum absolute atomic E-state index is 15.1. The summed E-state index contributed by atoms with van der Waals surface area (Å²) in [4.78, 5) is 5.49. The van der Waals surface area contributed by atoms with E-state index in [-0.39, 0.29) is 120 Å². The number of benzene rings is 7. The van der Waals surface area contributed by atoms with Crippen molar-refractivity contribution in [2.75, 3.05) is 13.7 Å². The molecule has 1 saturated heterocycles. The molecule has 518 valence electrons. The second kappa shape index (κ2) is 26.2. The van der Waals surface area contributed by atoms with Crippen LogP contribution in [0.4, 0.5) is 0 Å². The molecular formula is C87H89N4NaO9S. The molecule has 102 heavy (non-hydrogen) atoms. The molecule has 2 saturated carbocycles. The van der Waals surface area contributed by atoms with Gasteiger partial charge in [0.05, 0.1) is 33.2 Å². The minimum atomic E-state index is -5.00. The van der Waals surface area contributed by atoms with Crippen molar-refractivity contribution in [1.82, 2.24) is 5.32 Å². The van der Waals surface area contributed by atoms with E-state index in [4.69, 9.17) is 25.9 Å². The molecule has 0 radical (unpaired) electrons. The van der Waals surface area contributed by atoms with Crippen molar-refractivity contribution in [2.45, 2.75) is 155 Å². The predicted molar refractivity (Wildman–Crippen MR) is 392 cm³/mol. The Morgan fingerprint density at radius 2 is 1.63 bits per heavy atom. The summed E-state index contributed by atoms with van der Waals surface area (Å²) in [7, 11) is -2.99. The molecule has 3 fully saturated rings. The first kappa shape index (κ1) is 68.0. The van der Waals surface area contributed by atoms with Gasteiger partial charge < -0.3 is 51.2 Å². The van der Waals surface area contributed by atoms with Crippen LogP contribution in [-0.2, 0) is 46.4 Å². The molecule has 15 heteroatoms. The second-order valence-corrected chi connectivity index (χ2v) is 33.4. The average molecular weight is 1390 g/mol. The Labute approximate surface area is 620 Å². The Morgan fingerprint density at radius 3 is 2.43 bits per heavy atom. The van der Waals surface area contributed by atoms with Gasteiger partial charge in [-0.3, -0.25) is 0 Å². The topological polar surface area (TPSA) is 233 Å². The SMILES string of the molecule is CNCc1cc2cccc3c2c2c1C[C@@H]1C=Cc4c([C@@H]5CC[C@@H]6[C@@H]7C=C[C@H]5[C@@]6(O)[C@@H](Cc5ccccc5)[C@H]([C@@]5(N=C(N)N)Oc6ccc8c(c6)CC[C@H](C)[C@@H]8C[C@@H](S(=O)(=O)[O-])[C@H]6C=C8C[C@H](C[C@H]9C[C@@H](CO)CC#Cc%10cc(O)ccc%10[C@@H]8O9)[C@@H]6c6ccc5cc6)C7)ccc(c41)[C@H](O)[C@@H]2C=C3.[Na+]. The standard InChI is InChI=1S/C87H90N4O9S.Na/c1-47-14-15-53-39-62-24-28-64(53)71(47)44-78(101(96,97)98)73-42-58-37-57(40-63-34-49(46-92)10-6-12-52-38-61(93)23-27-65(52)84(58)99-63)79(73)51-16-21-60(22-17-51)87(100-62,91-85(88)89)77-43-54-20-32-75-67(31-33-74(54)86(75,95)76(77)35-48-8-4-3-5-9-48)66-29-30-69-81-56(19-25-68(66)81)41-72-59(45-90-2)36-55-13-7-11-50-18-26-70(83(69)94)82(72)80(50)55;/h3-5,7-9,11,13,16-30,32,36,38-39,42,47,49,54,56-57,63,67,70-71,73-79,83-84,90,92-95H,10,14-15,31,33-35,37,40-41,43-46H2,1-2H3,(H4,88,89,91)(H,96,97,98);/q;+1/p-1/t47-,49-,54+,56-,57+,63+,67-,70+,71-,73+,74+,75+,76-,77+,78+,79-,83-,84+,86+,87-;/m0./s1. The summed E-state index contributed by atoms with van der Waals surface area (Å²) in [5, 5.41) is 54.4. The number of ether oxygens (including phenoxy) is 2. The van der Waals surface area contributed by atoms with E-state index >= 15 is 5.11 Å². The van der Waals surface area contributed by atoms with Crippen LogP contribution < -0.4 is 51.1 Å². The van der Waals surface area contributed by atoms with Gasteiger partial charge in [-0.2, -0.15) is 0 Å². The van der Waals surface area contributed by atoms with E-state index in [0.29, 0.717) is 68.4 Å². The van der Waals surface area contributed by atoms with Gasteiger partial charge in [0, 0.05) is 65.9 Å². The average Bonchev–Trinajstić information content (AvgIpc) is 0.790. The van der Waals surface area contributed by atoms with Gasteiger partial charge in [-0.05, 0) is 244 Å². The molecule has 5 aliphatic heterocycles. The van der Waals surface area contributed by atoms with Crippen molar-refractivity contribution < 1.29 is 72.4 Å². The third kappa shape index (κ3) is 11.1. The van der Waals surface area contributed by atoms with E-state index in [2.05, 4.69) is 164 Å². The normalized spacial score (nSPS) is 33.9. The Hall–Kier alpha value is -7.10. The van der Waals surface area contributed by atoms with Crippen molar-refractivity contribution in [3.8, 4) is 23.3 Å². The quantitative estimate of drug-likeness (QED) is 0.0179. The molecule has 13 aliphatic rings. The first-order valence-electron chi connectivity index (χ1n) is 37.1. The summed E-state index contributed by atoms with van der Waals surface area (Å²) < 4.78 is 59.1. The zero-order valence-corrected chi connectivity index (χ0v) is 61.1. The predicted octanol–water partition coefficient (Wildman–Crippen LogP) is 10.8. The zero-order valence-electron chi connectivity index (χ0n) is 58.3. The number of rotatable bonds is 9. The molecule has 13 nitrogen and oxygen atoms in total. The van der Waals surface area contributed by atoms with E-state index in [9.17, 15) is 28.3 Å². The minimum absolute atomic E-state index is 0. The van der Waals surface area contributed by atoms with E-state index in [1.54, 1.807) is 12.1 Å². The van der Waals surface area contributed by atoms with E-state index < -0.39 is 62.6 Å². The van der Waals surface area contributed by atoms with Crippen LogP contribution in [-0.4, -0.2) is 70.0 Å². The maximum atomic E-state index is 15.1. The summed E-state index contributed by atoms with van der Waals surface area (Å²) in [6.07, 6.45) is 21.2. The third-order valence-corrected chi connectivity index (χ3v) is 27.9. The molecular weight excluding hydrogens is 1300 g/mol. The van der Waals surface area contributed by atoms with E-state index in [0.717, 1.165) is 70.2 Å². The van der Waals surface area contributed by atoms with Crippen LogP contribution in [0.25, 0.3) is 22.9 Å². The molecule has 8 aliphatic carbocycles. The number of aliphatic imine (C=N–C) groups is 1. The number of nitrogens with zero attached hydrogens (tertiary/aromatic N) is 1. The molecule has 9 N–H and O–H groups in total. The van der Waals surface area contributed by atoms with E-state index in [1.165, 1.54) is 44.2 Å². The number of allylic oxidation sites excluding steroid dienone is 3. The number of aliphatic hydroxyl groups is 3. The summed E-state index contributed by atoms with van der Waals surface area (Å²) in [5.41, 5.74) is 27.2. The summed E-state index contributed by atoms with van der Waals surface area (Å²) in [5.74, 6) is 3.23. The van der Waals surface area contributed by atoms with Gasteiger partial charge >= 0.3 is 29.6 Å². The number of phenolic OH excluding ortho intramolecular Hbond substituents is 1. The fraction of sp³-hybridized carbons (Fsp3) is 0.414. The van der Waals surface area contributed by atoms with Crippen LogP contribution in [0.15, 0.2) is 168 Å². The first-order valence-corrected chi connectivity index (χ1v) is 38.6. The smallest absolute Gasteiger partial charge is 0.748 e. The fourth-order valence-corrected chi connectivity index (χ4v) is 23.5. The summed E-state index contributed by atoms with van der Waals surface area (Å²) in [6, 6.07) is 43.4. The van der Waals surface area contributed by atoms with Gasteiger partial charge in [-0.25, -0.2) is 13.4 Å². The molecule has 7 aromatic carbocycles. The molecule has 14 bridgehead atoms. The van der Waals surface area contributed by atoms with Crippen molar-refractivity contribution in [2.24, 2.45) is 69.7 Å². The van der Waals surface area contributed by atoms with Gasteiger partial charge in [0.15, 0.2) is 5.96 Å². The molecule has 0 spiro atoms. The number of phenols is 1. The van der Waals surface area contributed by atoms with Gasteiger partial charge in [0.25, 0.3) is 0 Å². The van der Waals surface area contributed by atoms with Crippen LogP contribution in [0.1, 0.15) is 190 Å².